The first kappa shape index (κ1) is 78.8. The van der Waals surface area contributed by atoms with Crippen LogP contribution in [0.4, 0.5) is 0 Å². The molecule has 1 atom stereocenters. The first-order chi connectivity index (χ1) is 41.0. The molecule has 1 unspecified atom stereocenters. The average Bonchev–Trinajstić information content (AvgIpc) is 3.48. The van der Waals surface area contributed by atoms with Crippen molar-refractivity contribution in [2.75, 3.05) is 13.2 Å². The molecule has 0 radical (unpaired) electrons. The molecule has 6 heteroatoms. The van der Waals surface area contributed by atoms with Gasteiger partial charge in [-0.1, -0.05) is 303 Å². The fraction of sp³-hybridized carbons (Fsp3) is 0.701. The van der Waals surface area contributed by atoms with E-state index in [1.54, 1.807) is 0 Å². The molecule has 0 bridgehead atoms. The molecule has 6 nitrogen and oxygen atoms in total. The summed E-state index contributed by atoms with van der Waals surface area (Å²) in [7, 11) is 0. The number of rotatable bonds is 63. The number of allylic oxidation sites excluding steroid dienone is 20. The van der Waals surface area contributed by atoms with Crippen LogP contribution in [0.5, 0.6) is 0 Å². The summed E-state index contributed by atoms with van der Waals surface area (Å²) in [6.45, 7) is 6.50. The van der Waals surface area contributed by atoms with E-state index < -0.39 is 6.10 Å². The summed E-state index contributed by atoms with van der Waals surface area (Å²) in [5.74, 6) is -0.896. The van der Waals surface area contributed by atoms with Gasteiger partial charge in [0, 0.05) is 19.3 Å². The van der Waals surface area contributed by atoms with E-state index in [9.17, 15) is 14.4 Å². The van der Waals surface area contributed by atoms with Gasteiger partial charge in [-0.3, -0.25) is 14.4 Å². The van der Waals surface area contributed by atoms with E-state index in [1.165, 1.54) is 167 Å². The molecule has 0 spiro atoms. The molecule has 0 rings (SSSR count). The minimum Gasteiger partial charge on any atom is -0.462 e. The summed E-state index contributed by atoms with van der Waals surface area (Å²) in [5, 5.41) is 0. The van der Waals surface area contributed by atoms with Crippen LogP contribution in [-0.2, 0) is 28.6 Å². The molecule has 0 aromatic heterocycles. The lowest BCUT2D eigenvalue weighted by Gasteiger charge is -2.18. The number of esters is 3. The smallest absolute Gasteiger partial charge is 0.306 e. The van der Waals surface area contributed by atoms with Gasteiger partial charge in [-0.05, 0) is 128 Å². The summed E-state index contributed by atoms with van der Waals surface area (Å²) in [5.41, 5.74) is 0. The minimum atomic E-state index is -0.789. The van der Waals surface area contributed by atoms with Crippen molar-refractivity contribution in [1.82, 2.24) is 0 Å². The highest BCUT2D eigenvalue weighted by Gasteiger charge is 2.19. The molecule has 0 aliphatic heterocycles. The van der Waals surface area contributed by atoms with Gasteiger partial charge in [-0.25, -0.2) is 0 Å². The fourth-order valence-electron chi connectivity index (χ4n) is 9.67. The van der Waals surface area contributed by atoms with Crippen LogP contribution in [0.25, 0.3) is 0 Å². The zero-order chi connectivity index (χ0) is 59.9. The number of ether oxygens (including phenoxy) is 3. The SMILES string of the molecule is CC/C=C\C/C=C\C/C=C\C/C=C\C/C=C\C/C=C\C/C=C\C/C=C\CCCCCCCCCCC(=O)OCC(COC(=O)CCCCCCC/C=C\CCCC)OC(=O)CCCCCCCCCCC/C=C\CCCCCCCCCC. The normalized spacial score (nSPS) is 12.9. The van der Waals surface area contributed by atoms with Gasteiger partial charge in [0.05, 0.1) is 0 Å². The fourth-order valence-corrected chi connectivity index (χ4v) is 9.67. The molecule has 0 aromatic rings. The van der Waals surface area contributed by atoms with Crippen LogP contribution in [0.2, 0.25) is 0 Å². The third-order valence-electron chi connectivity index (χ3n) is 14.9. The van der Waals surface area contributed by atoms with Gasteiger partial charge in [0.15, 0.2) is 6.10 Å². The average molecular weight is 1150 g/mol. The lowest BCUT2D eigenvalue weighted by Crippen LogP contribution is -2.30. The molecule has 0 saturated carbocycles. The Labute approximate surface area is 513 Å². The topological polar surface area (TPSA) is 78.9 Å². The minimum absolute atomic E-state index is 0.0856. The maximum absolute atomic E-state index is 12.9. The molecule has 0 aromatic carbocycles. The Morgan fingerprint density at radius 2 is 0.482 bits per heavy atom. The number of hydrogen-bond donors (Lipinski definition) is 0. The zero-order valence-electron chi connectivity index (χ0n) is 54.4. The Hall–Kier alpha value is -4.19. The van der Waals surface area contributed by atoms with Crippen molar-refractivity contribution in [2.45, 2.75) is 335 Å². The van der Waals surface area contributed by atoms with Gasteiger partial charge in [0.1, 0.15) is 13.2 Å². The lowest BCUT2D eigenvalue weighted by molar-refractivity contribution is -0.167. The van der Waals surface area contributed by atoms with E-state index >= 15 is 0 Å². The Morgan fingerprint density at radius 3 is 0.783 bits per heavy atom. The summed E-state index contributed by atoms with van der Waals surface area (Å²) < 4.78 is 16.9. The first-order valence-electron chi connectivity index (χ1n) is 35.0. The molecular weight excluding hydrogens is 1020 g/mol. The maximum atomic E-state index is 12.9. The van der Waals surface area contributed by atoms with Gasteiger partial charge in [-0.15, -0.1) is 0 Å². The molecule has 83 heavy (non-hydrogen) atoms. The molecule has 0 saturated heterocycles. The van der Waals surface area contributed by atoms with E-state index in [4.69, 9.17) is 14.2 Å². The number of carbonyl (C=O) groups excluding carboxylic acids is 3. The summed E-state index contributed by atoms with van der Waals surface area (Å²) >= 11 is 0. The van der Waals surface area contributed by atoms with Crippen molar-refractivity contribution in [3.05, 3.63) is 122 Å². The number of carbonyl (C=O) groups is 3. The van der Waals surface area contributed by atoms with Crippen molar-refractivity contribution in [3.63, 3.8) is 0 Å². The molecule has 474 valence electrons. The monoisotopic (exact) mass is 1150 g/mol. The second kappa shape index (κ2) is 70.3. The third-order valence-corrected chi connectivity index (χ3v) is 14.9. The van der Waals surface area contributed by atoms with Crippen LogP contribution >= 0.6 is 0 Å². The predicted octanol–water partition coefficient (Wildman–Crippen LogP) is 24.3. The standard InChI is InChI=1S/C77H130O6/c1-4-7-10-13-16-19-22-24-26-28-30-32-33-34-35-36-37-38-39-40-41-42-43-45-46-48-50-52-55-58-61-64-67-70-76(79)82-73-74(72-81-75(78)69-66-63-60-57-54-21-18-15-12-9-6-3)83-77(80)71-68-65-62-59-56-53-51-49-47-44-31-29-27-25-23-20-17-14-11-8-5-2/h7,10,15-16,18-19,24,26,29-32,34-35,37-38,40-41,43,45,74H,4-6,8-9,11-14,17,20-23,25,27-28,33,36,39,42,44,46-73H2,1-3H3/b10-7-,18-15-,19-16-,26-24-,31-29-,32-30-,35-34-,38-37-,41-40-,45-43-. The Kier molecular flexibility index (Phi) is 66.7. The molecule has 0 aliphatic rings. The van der Waals surface area contributed by atoms with Gasteiger partial charge in [-0.2, -0.15) is 0 Å². The third kappa shape index (κ3) is 68.5. The van der Waals surface area contributed by atoms with E-state index in [0.29, 0.717) is 19.3 Å². The highest BCUT2D eigenvalue weighted by Crippen LogP contribution is 2.16. The quantitative estimate of drug-likeness (QED) is 0.0261. The Morgan fingerprint density at radius 1 is 0.253 bits per heavy atom. The molecule has 0 aliphatic carbocycles. The van der Waals surface area contributed by atoms with Gasteiger partial charge < -0.3 is 14.2 Å². The van der Waals surface area contributed by atoms with Crippen molar-refractivity contribution >= 4 is 17.9 Å². The molecule has 0 amide bonds. The van der Waals surface area contributed by atoms with Crippen LogP contribution in [-0.4, -0.2) is 37.2 Å². The number of hydrogen-bond acceptors (Lipinski definition) is 6. The van der Waals surface area contributed by atoms with Gasteiger partial charge >= 0.3 is 17.9 Å². The number of unbranched alkanes of at least 4 members (excludes halogenated alkanes) is 32. The van der Waals surface area contributed by atoms with Crippen LogP contribution in [0.1, 0.15) is 329 Å². The predicted molar refractivity (Wildman–Crippen MR) is 362 cm³/mol. The van der Waals surface area contributed by atoms with E-state index in [2.05, 4.69) is 142 Å². The Bertz CT molecular complexity index is 1700. The van der Waals surface area contributed by atoms with Crippen LogP contribution in [0.3, 0.4) is 0 Å². The van der Waals surface area contributed by atoms with Crippen LogP contribution in [0, 0.1) is 0 Å². The highest BCUT2D eigenvalue weighted by molar-refractivity contribution is 5.71. The second-order valence-corrected chi connectivity index (χ2v) is 23.1. The van der Waals surface area contributed by atoms with Crippen LogP contribution in [0.15, 0.2) is 122 Å². The van der Waals surface area contributed by atoms with E-state index in [0.717, 1.165) is 122 Å². The van der Waals surface area contributed by atoms with Crippen molar-refractivity contribution in [1.29, 1.82) is 0 Å². The van der Waals surface area contributed by atoms with Crippen molar-refractivity contribution < 1.29 is 28.6 Å². The molecule has 0 heterocycles. The largest absolute Gasteiger partial charge is 0.462 e. The van der Waals surface area contributed by atoms with E-state index in [-0.39, 0.29) is 31.1 Å². The highest BCUT2D eigenvalue weighted by atomic mass is 16.6. The second-order valence-electron chi connectivity index (χ2n) is 23.1. The van der Waals surface area contributed by atoms with Gasteiger partial charge in [0.2, 0.25) is 0 Å². The van der Waals surface area contributed by atoms with Gasteiger partial charge in [0.25, 0.3) is 0 Å². The lowest BCUT2D eigenvalue weighted by atomic mass is 10.1. The van der Waals surface area contributed by atoms with Crippen LogP contribution < -0.4 is 0 Å². The molecule has 0 N–H and O–H groups in total. The van der Waals surface area contributed by atoms with Crippen molar-refractivity contribution in [2.24, 2.45) is 0 Å². The summed E-state index contributed by atoms with van der Waals surface area (Å²) in [4.78, 5) is 38.3. The Balaban J connectivity index is 4.26. The first-order valence-corrected chi connectivity index (χ1v) is 35.0. The molecule has 0 fully saturated rings. The summed E-state index contributed by atoms with van der Waals surface area (Å²) in [6.07, 6.45) is 98.0. The molecular formula is C77H130O6. The van der Waals surface area contributed by atoms with E-state index in [1.807, 2.05) is 0 Å². The van der Waals surface area contributed by atoms with Crippen molar-refractivity contribution in [3.8, 4) is 0 Å². The summed E-state index contributed by atoms with van der Waals surface area (Å²) in [6, 6.07) is 0. The maximum Gasteiger partial charge on any atom is 0.306 e. The zero-order valence-corrected chi connectivity index (χ0v) is 54.4.